The van der Waals surface area contributed by atoms with Crippen LogP contribution in [0.5, 0.6) is 0 Å². The molecule has 0 aliphatic carbocycles. The fraction of sp³-hybridized carbons (Fsp3) is 0.385. The van der Waals surface area contributed by atoms with Gasteiger partial charge in [0.15, 0.2) is 0 Å². The first kappa shape index (κ1) is 16.4. The van der Waals surface area contributed by atoms with Crippen LogP contribution in [0, 0.1) is 5.82 Å². The maximum absolute atomic E-state index is 13.3. The highest BCUT2D eigenvalue weighted by Crippen LogP contribution is 2.30. The van der Waals surface area contributed by atoms with Crippen molar-refractivity contribution in [1.29, 1.82) is 0 Å². The molecule has 0 unspecified atom stereocenters. The summed E-state index contributed by atoms with van der Waals surface area (Å²) in [6.45, 7) is 0.275. The molecule has 2 aromatic rings. The maximum atomic E-state index is 13.3. The smallest absolute Gasteiger partial charge is 0.394 e. The first-order valence-electron chi connectivity index (χ1n) is 6.39. The Morgan fingerprint density at radius 2 is 1.95 bits per heavy atom. The molecule has 0 amide bonds. The van der Waals surface area contributed by atoms with Crippen LogP contribution in [-0.4, -0.2) is 41.4 Å². The van der Waals surface area contributed by atoms with Gasteiger partial charge in [0.2, 0.25) is 5.82 Å². The van der Waals surface area contributed by atoms with Crippen LogP contribution in [0.25, 0.3) is 10.9 Å². The standard InChI is InChI=1S/C13H13F4N3O2/c14-8-1-2-10-9(7-8)11(18-3-5-22-6-4-21)20-12(19-10)13(15,16)17/h1-2,7,21H,3-6H2,(H,18,19,20). The van der Waals surface area contributed by atoms with E-state index in [2.05, 4.69) is 15.3 Å². The van der Waals surface area contributed by atoms with Gasteiger partial charge in [-0.3, -0.25) is 0 Å². The Kier molecular flexibility index (Phi) is 5.09. The number of anilines is 1. The van der Waals surface area contributed by atoms with Gasteiger partial charge in [0.05, 0.1) is 25.3 Å². The van der Waals surface area contributed by atoms with E-state index in [9.17, 15) is 17.6 Å². The number of ether oxygens (including phenoxy) is 1. The Balaban J connectivity index is 2.30. The molecule has 0 saturated heterocycles. The van der Waals surface area contributed by atoms with Gasteiger partial charge in [-0.15, -0.1) is 0 Å². The molecule has 0 atom stereocenters. The second-order valence-corrected chi connectivity index (χ2v) is 4.32. The van der Waals surface area contributed by atoms with Gasteiger partial charge >= 0.3 is 6.18 Å². The minimum Gasteiger partial charge on any atom is -0.394 e. The fourth-order valence-corrected chi connectivity index (χ4v) is 1.77. The number of hydrogen-bond donors (Lipinski definition) is 2. The van der Waals surface area contributed by atoms with E-state index < -0.39 is 17.8 Å². The quantitative estimate of drug-likeness (QED) is 0.631. The predicted molar refractivity (Wildman–Crippen MR) is 70.9 cm³/mol. The molecule has 0 bridgehead atoms. The molecule has 9 heteroatoms. The Morgan fingerprint density at radius 1 is 1.18 bits per heavy atom. The Labute approximate surface area is 122 Å². The van der Waals surface area contributed by atoms with Gasteiger partial charge in [-0.2, -0.15) is 13.2 Å². The zero-order chi connectivity index (χ0) is 16.2. The van der Waals surface area contributed by atoms with E-state index in [0.29, 0.717) is 0 Å². The molecule has 22 heavy (non-hydrogen) atoms. The lowest BCUT2D eigenvalue weighted by Gasteiger charge is -2.12. The topological polar surface area (TPSA) is 67.3 Å². The van der Waals surface area contributed by atoms with Crippen LogP contribution in [-0.2, 0) is 10.9 Å². The van der Waals surface area contributed by atoms with Gasteiger partial charge in [-0.05, 0) is 18.2 Å². The van der Waals surface area contributed by atoms with Crippen molar-refractivity contribution in [3.63, 3.8) is 0 Å². The number of nitrogens with zero attached hydrogens (tertiary/aromatic N) is 2. The summed E-state index contributed by atoms with van der Waals surface area (Å²) in [5.74, 6) is -2.02. The Morgan fingerprint density at radius 3 is 2.64 bits per heavy atom. The van der Waals surface area contributed by atoms with Gasteiger partial charge in [0.25, 0.3) is 0 Å². The number of alkyl halides is 3. The molecule has 5 nitrogen and oxygen atoms in total. The molecular formula is C13H13F4N3O2. The third-order valence-electron chi connectivity index (χ3n) is 2.69. The summed E-state index contributed by atoms with van der Waals surface area (Å²) in [5, 5.41) is 11.4. The van der Waals surface area contributed by atoms with Crippen LogP contribution in [0.3, 0.4) is 0 Å². The Bertz CT molecular complexity index is 649. The first-order chi connectivity index (χ1) is 10.4. The lowest BCUT2D eigenvalue weighted by molar-refractivity contribution is -0.144. The Hall–Kier alpha value is -2.00. The summed E-state index contributed by atoms with van der Waals surface area (Å²) in [6.07, 6.45) is -4.70. The average Bonchev–Trinajstić information content (AvgIpc) is 2.46. The molecule has 120 valence electrons. The average molecular weight is 319 g/mol. The molecule has 0 aliphatic heterocycles. The van der Waals surface area contributed by atoms with E-state index in [1.54, 1.807) is 0 Å². The van der Waals surface area contributed by atoms with Crippen molar-refractivity contribution in [2.24, 2.45) is 0 Å². The summed E-state index contributed by atoms with van der Waals surface area (Å²) < 4.78 is 56.6. The van der Waals surface area contributed by atoms with Crippen LogP contribution in [0.1, 0.15) is 5.82 Å². The van der Waals surface area contributed by atoms with Gasteiger partial charge in [0.1, 0.15) is 11.6 Å². The number of halogens is 4. The third kappa shape index (κ3) is 4.01. The lowest BCUT2D eigenvalue weighted by Crippen LogP contribution is -2.16. The molecule has 0 spiro atoms. The molecule has 0 fully saturated rings. The highest BCUT2D eigenvalue weighted by molar-refractivity contribution is 5.89. The number of aliphatic hydroxyl groups excluding tert-OH is 1. The minimum absolute atomic E-state index is 0.0116. The zero-order valence-corrected chi connectivity index (χ0v) is 11.3. The summed E-state index contributed by atoms with van der Waals surface area (Å²) in [5.41, 5.74) is -0.0116. The normalized spacial score (nSPS) is 11.9. The summed E-state index contributed by atoms with van der Waals surface area (Å²) in [7, 11) is 0. The number of rotatable bonds is 6. The molecule has 1 aromatic carbocycles. The van der Waals surface area contributed by atoms with E-state index in [1.165, 1.54) is 0 Å². The first-order valence-corrected chi connectivity index (χ1v) is 6.39. The van der Waals surface area contributed by atoms with E-state index in [0.717, 1.165) is 18.2 Å². The predicted octanol–water partition coefficient (Wildman–Crippen LogP) is 2.21. The largest absolute Gasteiger partial charge is 0.451 e. The monoisotopic (exact) mass is 319 g/mol. The second-order valence-electron chi connectivity index (χ2n) is 4.32. The molecule has 1 aromatic heterocycles. The van der Waals surface area contributed by atoms with E-state index in [4.69, 9.17) is 9.84 Å². The van der Waals surface area contributed by atoms with Crippen molar-refractivity contribution in [3.05, 3.63) is 29.8 Å². The lowest BCUT2D eigenvalue weighted by atomic mass is 10.2. The fourth-order valence-electron chi connectivity index (χ4n) is 1.77. The van der Waals surface area contributed by atoms with Gasteiger partial charge in [-0.25, -0.2) is 14.4 Å². The van der Waals surface area contributed by atoms with Crippen molar-refractivity contribution in [3.8, 4) is 0 Å². The number of aliphatic hydroxyl groups is 1. The van der Waals surface area contributed by atoms with Crippen LogP contribution in [0.2, 0.25) is 0 Å². The summed E-state index contributed by atoms with van der Waals surface area (Å²) >= 11 is 0. The van der Waals surface area contributed by atoms with Crippen LogP contribution in [0.15, 0.2) is 18.2 Å². The van der Waals surface area contributed by atoms with Crippen LogP contribution < -0.4 is 5.32 Å². The van der Waals surface area contributed by atoms with Crippen molar-refractivity contribution >= 4 is 16.7 Å². The molecule has 2 N–H and O–H groups in total. The molecule has 0 aliphatic rings. The van der Waals surface area contributed by atoms with Crippen LogP contribution >= 0.6 is 0 Å². The van der Waals surface area contributed by atoms with Crippen molar-refractivity contribution in [2.75, 3.05) is 31.7 Å². The van der Waals surface area contributed by atoms with E-state index in [-0.39, 0.29) is 43.1 Å². The number of hydrogen-bond acceptors (Lipinski definition) is 5. The SMILES string of the molecule is OCCOCCNc1nc(C(F)(F)F)nc2ccc(F)cc12. The van der Waals surface area contributed by atoms with Gasteiger partial charge < -0.3 is 15.2 Å². The summed E-state index contributed by atoms with van der Waals surface area (Å²) in [4.78, 5) is 6.81. The summed E-state index contributed by atoms with van der Waals surface area (Å²) in [6, 6.07) is 3.26. The maximum Gasteiger partial charge on any atom is 0.451 e. The van der Waals surface area contributed by atoms with E-state index >= 15 is 0 Å². The van der Waals surface area contributed by atoms with Gasteiger partial charge in [0, 0.05) is 11.9 Å². The van der Waals surface area contributed by atoms with Crippen LogP contribution in [0.4, 0.5) is 23.4 Å². The highest BCUT2D eigenvalue weighted by Gasteiger charge is 2.35. The molecule has 0 radical (unpaired) electrons. The van der Waals surface area contributed by atoms with E-state index in [1.807, 2.05) is 0 Å². The number of benzene rings is 1. The number of nitrogens with one attached hydrogen (secondary N) is 1. The third-order valence-corrected chi connectivity index (χ3v) is 2.69. The van der Waals surface area contributed by atoms with Gasteiger partial charge in [-0.1, -0.05) is 0 Å². The number of aromatic nitrogens is 2. The van der Waals surface area contributed by atoms with Crippen molar-refractivity contribution in [1.82, 2.24) is 9.97 Å². The molecule has 1 heterocycles. The number of fused-ring (bicyclic) bond motifs is 1. The highest BCUT2D eigenvalue weighted by atomic mass is 19.4. The van der Waals surface area contributed by atoms with Crippen molar-refractivity contribution < 1.29 is 27.4 Å². The minimum atomic E-state index is -4.70. The van der Waals surface area contributed by atoms with Crippen molar-refractivity contribution in [2.45, 2.75) is 6.18 Å². The molecule has 0 saturated carbocycles. The molecule has 2 rings (SSSR count). The zero-order valence-electron chi connectivity index (χ0n) is 11.3. The second kappa shape index (κ2) is 6.84. The molecular weight excluding hydrogens is 306 g/mol.